The van der Waals surface area contributed by atoms with Gasteiger partial charge in [-0.1, -0.05) is 0 Å². The van der Waals surface area contributed by atoms with Gasteiger partial charge in [-0.05, 0) is 25.7 Å². The van der Waals surface area contributed by atoms with Gasteiger partial charge in [0, 0.05) is 0 Å². The van der Waals surface area contributed by atoms with Crippen LogP contribution < -0.4 is 0 Å². The third-order valence-electron chi connectivity index (χ3n) is 2.29. The SMILES string of the molecule is PCOC1CCC(OCP)CC1. The maximum Gasteiger partial charge on any atom is 0.0606 e. The van der Waals surface area contributed by atoms with Crippen LogP contribution in [0.1, 0.15) is 25.7 Å². The lowest BCUT2D eigenvalue weighted by Gasteiger charge is -2.27. The normalized spacial score (nSPS) is 30.5. The molecule has 0 heterocycles. The fraction of sp³-hybridized carbons (Fsp3) is 1.00. The summed E-state index contributed by atoms with van der Waals surface area (Å²) in [5.41, 5.74) is 0. The average molecular weight is 208 g/mol. The van der Waals surface area contributed by atoms with Crippen LogP contribution in [0.25, 0.3) is 0 Å². The van der Waals surface area contributed by atoms with Gasteiger partial charge in [-0.25, -0.2) is 0 Å². The molecule has 0 saturated heterocycles. The largest absolute Gasteiger partial charge is 0.374 e. The summed E-state index contributed by atoms with van der Waals surface area (Å²) in [4.78, 5) is 0. The second-order valence-electron chi connectivity index (χ2n) is 3.07. The summed E-state index contributed by atoms with van der Waals surface area (Å²) in [6.45, 7) is 0. The summed E-state index contributed by atoms with van der Waals surface area (Å²) in [5.74, 6) is 0. The monoisotopic (exact) mass is 208 g/mol. The topological polar surface area (TPSA) is 18.5 Å². The van der Waals surface area contributed by atoms with Crippen molar-refractivity contribution in [3.8, 4) is 0 Å². The second kappa shape index (κ2) is 6.27. The molecule has 0 aromatic heterocycles. The third-order valence-corrected chi connectivity index (χ3v) is 2.67. The number of hydrogen-bond donors (Lipinski definition) is 0. The fourth-order valence-electron chi connectivity index (χ4n) is 1.64. The summed E-state index contributed by atoms with van der Waals surface area (Å²) >= 11 is 0. The molecule has 0 spiro atoms. The van der Waals surface area contributed by atoms with E-state index in [9.17, 15) is 0 Å². The van der Waals surface area contributed by atoms with Crippen molar-refractivity contribution in [2.24, 2.45) is 0 Å². The molecule has 2 atom stereocenters. The van der Waals surface area contributed by atoms with E-state index in [0.29, 0.717) is 12.2 Å². The minimum Gasteiger partial charge on any atom is -0.374 e. The molecular weight excluding hydrogens is 190 g/mol. The summed E-state index contributed by atoms with van der Waals surface area (Å²) in [6, 6.07) is 0. The average Bonchev–Trinajstić information content (AvgIpc) is 2.09. The molecule has 12 heavy (non-hydrogen) atoms. The number of hydrogen-bond acceptors (Lipinski definition) is 2. The predicted molar refractivity (Wildman–Crippen MR) is 57.4 cm³/mol. The van der Waals surface area contributed by atoms with Gasteiger partial charge in [0.2, 0.25) is 0 Å². The van der Waals surface area contributed by atoms with E-state index in [1.54, 1.807) is 0 Å². The third kappa shape index (κ3) is 3.66. The smallest absolute Gasteiger partial charge is 0.0606 e. The molecule has 72 valence electrons. The molecule has 1 aliphatic carbocycles. The van der Waals surface area contributed by atoms with Crippen LogP contribution >= 0.6 is 18.5 Å². The minimum atomic E-state index is 0.479. The zero-order chi connectivity index (χ0) is 8.81. The van der Waals surface area contributed by atoms with Crippen molar-refractivity contribution in [2.75, 3.05) is 12.7 Å². The highest BCUT2D eigenvalue weighted by Gasteiger charge is 2.20. The molecule has 1 saturated carbocycles. The highest BCUT2D eigenvalue weighted by Crippen LogP contribution is 2.23. The van der Waals surface area contributed by atoms with Crippen molar-refractivity contribution in [3.05, 3.63) is 0 Å². The first kappa shape index (κ1) is 10.9. The first-order chi connectivity index (χ1) is 5.86. The highest BCUT2D eigenvalue weighted by molar-refractivity contribution is 7.16. The second-order valence-corrected chi connectivity index (χ2v) is 3.73. The lowest BCUT2D eigenvalue weighted by atomic mass is 9.95. The van der Waals surface area contributed by atoms with Crippen molar-refractivity contribution < 1.29 is 9.47 Å². The van der Waals surface area contributed by atoms with Gasteiger partial charge in [0.25, 0.3) is 0 Å². The summed E-state index contributed by atoms with van der Waals surface area (Å²) in [6.07, 6.45) is 7.11. The lowest BCUT2D eigenvalue weighted by Crippen LogP contribution is -2.25. The Hall–Kier alpha value is 0.780. The Kier molecular flexibility index (Phi) is 5.67. The van der Waals surface area contributed by atoms with Crippen molar-refractivity contribution in [1.82, 2.24) is 0 Å². The zero-order valence-electron chi connectivity index (χ0n) is 7.37. The standard InChI is InChI=1S/C8H18O2P2/c11-5-9-7-1-2-8(4-3-7)10-6-12/h7-8H,1-6,11-12H2. The Labute approximate surface area is 79.2 Å². The van der Waals surface area contributed by atoms with Crippen molar-refractivity contribution in [3.63, 3.8) is 0 Å². The number of ether oxygens (including phenoxy) is 2. The minimum absolute atomic E-state index is 0.479. The molecule has 0 aromatic carbocycles. The fourth-order valence-corrected chi connectivity index (χ4v) is 2.18. The van der Waals surface area contributed by atoms with Crippen LogP contribution in [0.15, 0.2) is 0 Å². The van der Waals surface area contributed by atoms with Crippen molar-refractivity contribution >= 4 is 18.5 Å². The van der Waals surface area contributed by atoms with E-state index in [1.165, 1.54) is 0 Å². The van der Waals surface area contributed by atoms with Gasteiger partial charge in [-0.2, -0.15) is 0 Å². The molecule has 0 aliphatic heterocycles. The van der Waals surface area contributed by atoms with Gasteiger partial charge < -0.3 is 9.47 Å². The Balaban J connectivity index is 2.11. The van der Waals surface area contributed by atoms with E-state index < -0.39 is 0 Å². The van der Waals surface area contributed by atoms with Crippen LogP contribution in [0.5, 0.6) is 0 Å². The lowest BCUT2D eigenvalue weighted by molar-refractivity contribution is -0.00503. The van der Waals surface area contributed by atoms with E-state index in [2.05, 4.69) is 18.5 Å². The van der Waals surface area contributed by atoms with Crippen LogP contribution in [-0.2, 0) is 9.47 Å². The van der Waals surface area contributed by atoms with Gasteiger partial charge in [0.15, 0.2) is 0 Å². The molecule has 1 rings (SSSR count). The maximum atomic E-state index is 5.51. The molecule has 4 heteroatoms. The molecule has 0 N–H and O–H groups in total. The van der Waals surface area contributed by atoms with E-state index >= 15 is 0 Å². The highest BCUT2D eigenvalue weighted by atomic mass is 31.0. The van der Waals surface area contributed by atoms with Crippen molar-refractivity contribution in [2.45, 2.75) is 37.9 Å². The first-order valence-corrected chi connectivity index (χ1v) is 6.13. The molecule has 0 aromatic rings. The summed E-state index contributed by atoms with van der Waals surface area (Å²) in [5, 5.41) is 0. The van der Waals surface area contributed by atoms with Gasteiger partial charge in [0.1, 0.15) is 0 Å². The molecular formula is C8H18O2P2. The van der Waals surface area contributed by atoms with Crippen LogP contribution in [-0.4, -0.2) is 24.9 Å². The Morgan fingerprint density at radius 2 is 1.17 bits per heavy atom. The Bertz CT molecular complexity index is 99.6. The molecule has 0 radical (unpaired) electrons. The molecule has 1 fully saturated rings. The van der Waals surface area contributed by atoms with E-state index in [0.717, 1.165) is 38.4 Å². The Morgan fingerprint density at radius 3 is 1.42 bits per heavy atom. The predicted octanol–water partition coefficient (Wildman–Crippen LogP) is 2.00. The zero-order valence-corrected chi connectivity index (χ0v) is 9.68. The molecule has 2 nitrogen and oxygen atoms in total. The first-order valence-electron chi connectivity index (χ1n) is 4.50. The van der Waals surface area contributed by atoms with Gasteiger partial charge in [-0.3, -0.25) is 0 Å². The quantitative estimate of drug-likeness (QED) is 0.658. The summed E-state index contributed by atoms with van der Waals surface area (Å²) in [7, 11) is 5.20. The van der Waals surface area contributed by atoms with Gasteiger partial charge in [-0.15, -0.1) is 18.5 Å². The van der Waals surface area contributed by atoms with Gasteiger partial charge >= 0.3 is 0 Å². The van der Waals surface area contributed by atoms with Crippen LogP contribution in [0.3, 0.4) is 0 Å². The van der Waals surface area contributed by atoms with E-state index in [1.807, 2.05) is 0 Å². The van der Waals surface area contributed by atoms with Crippen LogP contribution in [0.4, 0.5) is 0 Å². The van der Waals surface area contributed by atoms with Crippen LogP contribution in [0, 0.1) is 0 Å². The van der Waals surface area contributed by atoms with Gasteiger partial charge in [0.05, 0.1) is 24.9 Å². The molecule has 2 unspecified atom stereocenters. The van der Waals surface area contributed by atoms with E-state index in [4.69, 9.17) is 9.47 Å². The molecule has 1 aliphatic rings. The maximum absolute atomic E-state index is 5.51. The summed E-state index contributed by atoms with van der Waals surface area (Å²) < 4.78 is 11.0. The molecule has 0 bridgehead atoms. The van der Waals surface area contributed by atoms with E-state index in [-0.39, 0.29) is 0 Å². The van der Waals surface area contributed by atoms with Crippen molar-refractivity contribution in [1.29, 1.82) is 0 Å². The Morgan fingerprint density at radius 1 is 0.833 bits per heavy atom. The van der Waals surface area contributed by atoms with Crippen LogP contribution in [0.2, 0.25) is 0 Å². The molecule has 0 amide bonds. The number of rotatable bonds is 4.